The van der Waals surface area contributed by atoms with Crippen LogP contribution in [0.2, 0.25) is 0 Å². The number of fused-ring (bicyclic) bond motifs is 3. The van der Waals surface area contributed by atoms with Gasteiger partial charge in [0, 0.05) is 10.9 Å². The van der Waals surface area contributed by atoms with Crippen LogP contribution in [0.5, 0.6) is 11.5 Å². The van der Waals surface area contributed by atoms with Gasteiger partial charge in [0.25, 0.3) is 0 Å². The van der Waals surface area contributed by atoms with E-state index >= 15 is 0 Å². The third kappa shape index (κ3) is 1.44. The molecule has 0 saturated carbocycles. The Bertz CT molecular complexity index is 728. The van der Waals surface area contributed by atoms with Gasteiger partial charge in [-0.2, -0.15) is 0 Å². The molecule has 3 heteroatoms. The number of aromatic amines is 1. The smallest absolute Gasteiger partial charge is 0.143 e. The molecule has 0 amide bonds. The van der Waals surface area contributed by atoms with E-state index in [9.17, 15) is 0 Å². The lowest BCUT2D eigenvalue weighted by atomic mass is 10.1. The third-order valence-corrected chi connectivity index (χ3v) is 3.27. The van der Waals surface area contributed by atoms with Gasteiger partial charge in [-0.3, -0.25) is 0 Å². The molecule has 1 heterocycles. The van der Waals surface area contributed by atoms with Crippen LogP contribution in [0, 0.1) is 6.92 Å². The summed E-state index contributed by atoms with van der Waals surface area (Å²) in [5.74, 6) is 1.70. The maximum atomic E-state index is 5.46. The number of hydrogen-bond donors (Lipinski definition) is 1. The van der Waals surface area contributed by atoms with Crippen LogP contribution in [0.25, 0.3) is 21.8 Å². The van der Waals surface area contributed by atoms with Crippen molar-refractivity contribution in [3.05, 3.63) is 35.9 Å². The highest BCUT2D eigenvalue weighted by Gasteiger charge is 2.13. The van der Waals surface area contributed by atoms with Crippen molar-refractivity contribution in [3.8, 4) is 11.5 Å². The van der Waals surface area contributed by atoms with Crippen molar-refractivity contribution in [2.45, 2.75) is 6.92 Å². The first-order valence-electron chi connectivity index (χ1n) is 5.87. The SMILES string of the molecule is COc1ccc(OC)c2c1[nH]c1ccc(C)cc12. The van der Waals surface area contributed by atoms with Crippen LogP contribution < -0.4 is 9.47 Å². The molecule has 0 spiro atoms. The quantitative estimate of drug-likeness (QED) is 0.743. The Balaban J connectivity index is 2.52. The van der Waals surface area contributed by atoms with Crippen LogP contribution in [0.15, 0.2) is 30.3 Å². The lowest BCUT2D eigenvalue weighted by Crippen LogP contribution is -1.87. The fourth-order valence-corrected chi connectivity index (χ4v) is 2.40. The van der Waals surface area contributed by atoms with Crippen LogP contribution in [0.1, 0.15) is 5.56 Å². The number of aryl methyl sites for hydroxylation is 1. The van der Waals surface area contributed by atoms with Gasteiger partial charge in [0.1, 0.15) is 11.5 Å². The average Bonchev–Trinajstić information content (AvgIpc) is 2.76. The van der Waals surface area contributed by atoms with E-state index in [0.717, 1.165) is 27.9 Å². The largest absolute Gasteiger partial charge is 0.496 e. The molecule has 0 atom stereocenters. The zero-order valence-electron chi connectivity index (χ0n) is 10.7. The van der Waals surface area contributed by atoms with Gasteiger partial charge in [0.05, 0.1) is 25.1 Å². The molecule has 0 saturated heterocycles. The summed E-state index contributed by atoms with van der Waals surface area (Å²) < 4.78 is 10.9. The zero-order valence-corrected chi connectivity index (χ0v) is 10.7. The van der Waals surface area contributed by atoms with Crippen molar-refractivity contribution in [2.75, 3.05) is 14.2 Å². The lowest BCUT2D eigenvalue weighted by molar-refractivity contribution is 0.410. The van der Waals surface area contributed by atoms with Gasteiger partial charge in [-0.1, -0.05) is 11.6 Å². The lowest BCUT2D eigenvalue weighted by Gasteiger charge is -2.06. The van der Waals surface area contributed by atoms with Crippen molar-refractivity contribution in [3.63, 3.8) is 0 Å². The third-order valence-electron chi connectivity index (χ3n) is 3.27. The topological polar surface area (TPSA) is 34.2 Å². The Hall–Kier alpha value is -2.16. The number of benzene rings is 2. The molecule has 0 radical (unpaired) electrons. The van der Waals surface area contributed by atoms with Gasteiger partial charge in [0.2, 0.25) is 0 Å². The first-order valence-corrected chi connectivity index (χ1v) is 5.87. The maximum Gasteiger partial charge on any atom is 0.143 e. The Morgan fingerprint density at radius 1 is 0.944 bits per heavy atom. The second-order valence-electron chi connectivity index (χ2n) is 4.39. The minimum atomic E-state index is 0.833. The van der Waals surface area contributed by atoms with Crippen LogP contribution >= 0.6 is 0 Å². The van der Waals surface area contributed by atoms with E-state index < -0.39 is 0 Å². The first kappa shape index (κ1) is 11.0. The predicted octanol–water partition coefficient (Wildman–Crippen LogP) is 3.65. The van der Waals surface area contributed by atoms with Crippen molar-refractivity contribution >= 4 is 21.8 Å². The summed E-state index contributed by atoms with van der Waals surface area (Å²) in [5, 5.41) is 2.25. The molecule has 92 valence electrons. The monoisotopic (exact) mass is 241 g/mol. The normalized spacial score (nSPS) is 11.1. The molecule has 0 fully saturated rings. The van der Waals surface area contributed by atoms with E-state index in [1.807, 2.05) is 12.1 Å². The molecule has 0 unspecified atom stereocenters. The van der Waals surface area contributed by atoms with Crippen molar-refractivity contribution in [1.82, 2.24) is 4.98 Å². The molecule has 3 nitrogen and oxygen atoms in total. The highest BCUT2D eigenvalue weighted by molar-refractivity contribution is 6.12. The molecule has 0 aliphatic heterocycles. The molecule has 2 aromatic carbocycles. The van der Waals surface area contributed by atoms with E-state index in [2.05, 4.69) is 30.1 Å². The molecule has 0 aliphatic rings. The fraction of sp³-hybridized carbons (Fsp3) is 0.200. The molecule has 0 aliphatic carbocycles. The Morgan fingerprint density at radius 3 is 2.39 bits per heavy atom. The van der Waals surface area contributed by atoms with E-state index in [4.69, 9.17) is 9.47 Å². The number of nitrogens with one attached hydrogen (secondary N) is 1. The molecule has 3 rings (SSSR count). The van der Waals surface area contributed by atoms with E-state index in [0.29, 0.717) is 0 Å². The Morgan fingerprint density at radius 2 is 1.67 bits per heavy atom. The summed E-state index contributed by atoms with van der Waals surface area (Å²) in [6, 6.07) is 10.2. The van der Waals surface area contributed by atoms with Gasteiger partial charge in [-0.25, -0.2) is 0 Å². The van der Waals surface area contributed by atoms with E-state index in [1.54, 1.807) is 14.2 Å². The summed E-state index contributed by atoms with van der Waals surface area (Å²) in [6.07, 6.45) is 0. The number of H-pyrrole nitrogens is 1. The summed E-state index contributed by atoms with van der Waals surface area (Å²) in [5.41, 5.74) is 3.31. The molecule has 1 N–H and O–H groups in total. The molecule has 1 aromatic heterocycles. The van der Waals surface area contributed by atoms with Gasteiger partial charge in [-0.05, 0) is 31.2 Å². The number of methoxy groups -OCH3 is 2. The van der Waals surface area contributed by atoms with Gasteiger partial charge in [0.15, 0.2) is 0 Å². The Labute approximate surface area is 105 Å². The average molecular weight is 241 g/mol. The van der Waals surface area contributed by atoms with E-state index in [1.165, 1.54) is 10.9 Å². The second-order valence-corrected chi connectivity index (χ2v) is 4.39. The molecule has 3 aromatic rings. The molecular formula is C15H15NO2. The highest BCUT2D eigenvalue weighted by atomic mass is 16.5. The summed E-state index contributed by atoms with van der Waals surface area (Å²) >= 11 is 0. The summed E-state index contributed by atoms with van der Waals surface area (Å²) in [7, 11) is 3.37. The summed E-state index contributed by atoms with van der Waals surface area (Å²) in [4.78, 5) is 3.39. The van der Waals surface area contributed by atoms with Crippen LogP contribution in [0.3, 0.4) is 0 Å². The molecule has 0 bridgehead atoms. The number of hydrogen-bond acceptors (Lipinski definition) is 2. The summed E-state index contributed by atoms with van der Waals surface area (Å²) in [6.45, 7) is 2.09. The van der Waals surface area contributed by atoms with Crippen LogP contribution in [-0.4, -0.2) is 19.2 Å². The van der Waals surface area contributed by atoms with Gasteiger partial charge in [-0.15, -0.1) is 0 Å². The second kappa shape index (κ2) is 3.95. The van der Waals surface area contributed by atoms with Gasteiger partial charge >= 0.3 is 0 Å². The zero-order chi connectivity index (χ0) is 12.7. The highest BCUT2D eigenvalue weighted by Crippen LogP contribution is 2.38. The Kier molecular flexibility index (Phi) is 2.40. The first-order chi connectivity index (χ1) is 8.74. The van der Waals surface area contributed by atoms with E-state index in [-0.39, 0.29) is 0 Å². The van der Waals surface area contributed by atoms with Crippen molar-refractivity contribution < 1.29 is 9.47 Å². The van der Waals surface area contributed by atoms with Crippen LogP contribution in [0.4, 0.5) is 0 Å². The standard InChI is InChI=1S/C15H15NO2/c1-9-4-5-11-10(8-9)14-12(17-2)6-7-13(18-3)15(14)16-11/h4-8,16H,1-3H3. The van der Waals surface area contributed by atoms with Crippen molar-refractivity contribution in [1.29, 1.82) is 0 Å². The number of rotatable bonds is 2. The predicted molar refractivity (Wildman–Crippen MR) is 73.6 cm³/mol. The molecular weight excluding hydrogens is 226 g/mol. The minimum absolute atomic E-state index is 0.833. The van der Waals surface area contributed by atoms with Gasteiger partial charge < -0.3 is 14.5 Å². The van der Waals surface area contributed by atoms with Crippen molar-refractivity contribution in [2.24, 2.45) is 0 Å². The number of ether oxygens (including phenoxy) is 2. The maximum absolute atomic E-state index is 5.46. The minimum Gasteiger partial charge on any atom is -0.496 e. The van der Waals surface area contributed by atoms with Crippen LogP contribution in [-0.2, 0) is 0 Å². The fourth-order valence-electron chi connectivity index (χ4n) is 2.40. The number of aromatic nitrogens is 1. The molecule has 18 heavy (non-hydrogen) atoms.